The van der Waals surface area contributed by atoms with Gasteiger partial charge in [0.05, 0.1) is 0 Å². The van der Waals surface area contributed by atoms with Gasteiger partial charge in [-0.25, -0.2) is 0 Å². The van der Waals surface area contributed by atoms with Crippen molar-refractivity contribution in [3.05, 3.63) is 64.6 Å². The number of hydrogen-bond donors (Lipinski definition) is 1. The number of amides is 1. The average Bonchev–Trinajstić information content (AvgIpc) is 2.68. The van der Waals surface area contributed by atoms with Gasteiger partial charge in [0.15, 0.2) is 0 Å². The van der Waals surface area contributed by atoms with Crippen LogP contribution in [0.1, 0.15) is 10.4 Å². The van der Waals surface area contributed by atoms with Crippen LogP contribution >= 0.6 is 15.9 Å². The fourth-order valence-corrected chi connectivity index (χ4v) is 3.24. The Balaban J connectivity index is 1.40. The van der Waals surface area contributed by atoms with Gasteiger partial charge in [0, 0.05) is 42.8 Å². The Morgan fingerprint density at radius 1 is 1.04 bits per heavy atom. The zero-order valence-electron chi connectivity index (χ0n) is 14.6. The fraction of sp³-hybridized carbons (Fsp3) is 0.350. The highest BCUT2D eigenvalue weighted by molar-refractivity contribution is 9.10. The fourth-order valence-electron chi connectivity index (χ4n) is 2.97. The Kier molecular flexibility index (Phi) is 6.66. The van der Waals surface area contributed by atoms with Gasteiger partial charge in [0.2, 0.25) is 0 Å². The molecule has 138 valence electrons. The first-order valence-corrected chi connectivity index (χ1v) is 9.54. The predicted octanol–water partition coefficient (Wildman–Crippen LogP) is 2.65. The molecule has 1 unspecified atom stereocenters. The van der Waals surface area contributed by atoms with Crippen LogP contribution < -0.4 is 4.74 Å². The molecular formula is C20H23BrN2O3. The number of hydrogen-bond acceptors (Lipinski definition) is 4. The zero-order valence-corrected chi connectivity index (χ0v) is 16.1. The van der Waals surface area contributed by atoms with Crippen molar-refractivity contribution in [1.82, 2.24) is 9.80 Å². The lowest BCUT2D eigenvalue weighted by Gasteiger charge is -2.35. The normalized spacial score (nSPS) is 16.3. The molecule has 1 fully saturated rings. The molecule has 1 aliphatic heterocycles. The van der Waals surface area contributed by atoms with E-state index in [1.165, 1.54) is 0 Å². The molecule has 1 aliphatic rings. The topological polar surface area (TPSA) is 53.0 Å². The lowest BCUT2D eigenvalue weighted by atomic mass is 10.2. The van der Waals surface area contributed by atoms with E-state index in [4.69, 9.17) is 4.74 Å². The van der Waals surface area contributed by atoms with E-state index >= 15 is 0 Å². The van der Waals surface area contributed by atoms with Crippen LogP contribution in [0.3, 0.4) is 0 Å². The third-order valence-electron chi connectivity index (χ3n) is 4.41. The van der Waals surface area contributed by atoms with Crippen LogP contribution in [-0.4, -0.2) is 66.2 Å². The third-order valence-corrected chi connectivity index (χ3v) is 4.93. The molecule has 1 atom stereocenters. The smallest absolute Gasteiger partial charge is 0.253 e. The first kappa shape index (κ1) is 18.9. The van der Waals surface area contributed by atoms with E-state index < -0.39 is 6.10 Å². The van der Waals surface area contributed by atoms with Crippen LogP contribution in [-0.2, 0) is 0 Å². The summed E-state index contributed by atoms with van der Waals surface area (Å²) in [5.74, 6) is 0.815. The molecule has 0 aromatic heterocycles. The average molecular weight is 419 g/mol. The van der Waals surface area contributed by atoms with E-state index in [1.54, 1.807) is 0 Å². The molecule has 1 amide bonds. The highest BCUT2D eigenvalue weighted by Gasteiger charge is 2.23. The second-order valence-corrected chi connectivity index (χ2v) is 7.29. The number of piperazine rings is 1. The second kappa shape index (κ2) is 9.16. The van der Waals surface area contributed by atoms with Gasteiger partial charge in [-0.15, -0.1) is 0 Å². The Hall–Kier alpha value is -1.89. The monoisotopic (exact) mass is 418 g/mol. The highest BCUT2D eigenvalue weighted by atomic mass is 79.9. The van der Waals surface area contributed by atoms with Crippen LogP contribution in [0.15, 0.2) is 59.1 Å². The molecule has 2 aromatic carbocycles. The summed E-state index contributed by atoms with van der Waals surface area (Å²) >= 11 is 3.38. The molecule has 0 aliphatic carbocycles. The molecule has 5 nitrogen and oxygen atoms in total. The van der Waals surface area contributed by atoms with Crippen molar-refractivity contribution in [2.24, 2.45) is 0 Å². The molecule has 0 saturated carbocycles. The molecule has 1 saturated heterocycles. The van der Waals surface area contributed by atoms with E-state index in [0.717, 1.165) is 28.9 Å². The summed E-state index contributed by atoms with van der Waals surface area (Å²) in [4.78, 5) is 16.5. The van der Waals surface area contributed by atoms with Gasteiger partial charge >= 0.3 is 0 Å². The Morgan fingerprint density at radius 2 is 1.69 bits per heavy atom. The van der Waals surface area contributed by atoms with Crippen molar-refractivity contribution >= 4 is 21.8 Å². The van der Waals surface area contributed by atoms with Gasteiger partial charge in [-0.05, 0) is 36.4 Å². The number of rotatable bonds is 6. The van der Waals surface area contributed by atoms with Crippen LogP contribution in [0.25, 0.3) is 0 Å². The van der Waals surface area contributed by atoms with Crippen molar-refractivity contribution in [2.45, 2.75) is 6.10 Å². The molecule has 0 radical (unpaired) electrons. The summed E-state index contributed by atoms with van der Waals surface area (Å²) in [7, 11) is 0. The minimum atomic E-state index is -0.560. The molecule has 26 heavy (non-hydrogen) atoms. The number of carbonyl (C=O) groups excluding carboxylic acids is 1. The second-order valence-electron chi connectivity index (χ2n) is 6.38. The summed E-state index contributed by atoms with van der Waals surface area (Å²) in [5, 5.41) is 10.2. The summed E-state index contributed by atoms with van der Waals surface area (Å²) in [6.45, 7) is 3.67. The molecule has 2 aromatic rings. The lowest BCUT2D eigenvalue weighted by Crippen LogP contribution is -2.50. The van der Waals surface area contributed by atoms with E-state index in [9.17, 15) is 9.90 Å². The van der Waals surface area contributed by atoms with Crippen molar-refractivity contribution in [3.63, 3.8) is 0 Å². The van der Waals surface area contributed by atoms with Gasteiger partial charge in [0.1, 0.15) is 18.5 Å². The van der Waals surface area contributed by atoms with E-state index in [1.807, 2.05) is 59.5 Å². The first-order chi connectivity index (χ1) is 12.6. The van der Waals surface area contributed by atoms with Crippen molar-refractivity contribution in [2.75, 3.05) is 39.3 Å². The lowest BCUT2D eigenvalue weighted by molar-refractivity contribution is 0.0403. The number of benzene rings is 2. The predicted molar refractivity (Wildman–Crippen MR) is 104 cm³/mol. The SMILES string of the molecule is O=C(c1ccccc1)N1CCN(CC(O)COc2ccc(Br)cc2)CC1. The van der Waals surface area contributed by atoms with Crippen LogP contribution in [0.5, 0.6) is 5.75 Å². The number of halogens is 1. The molecule has 1 N–H and O–H groups in total. The van der Waals surface area contributed by atoms with Crippen molar-refractivity contribution < 1.29 is 14.6 Å². The maximum Gasteiger partial charge on any atom is 0.253 e. The Labute approximate surface area is 162 Å². The van der Waals surface area contributed by atoms with Gasteiger partial charge < -0.3 is 14.7 Å². The first-order valence-electron chi connectivity index (χ1n) is 8.75. The largest absolute Gasteiger partial charge is 0.491 e. The molecule has 6 heteroatoms. The molecule has 0 spiro atoms. The Morgan fingerprint density at radius 3 is 2.35 bits per heavy atom. The van der Waals surface area contributed by atoms with E-state index in [-0.39, 0.29) is 12.5 Å². The summed E-state index contributed by atoms with van der Waals surface area (Å²) in [6.07, 6.45) is -0.560. The van der Waals surface area contributed by atoms with Crippen molar-refractivity contribution in [3.8, 4) is 5.75 Å². The molecule has 3 rings (SSSR count). The number of aliphatic hydroxyl groups excluding tert-OH is 1. The summed E-state index contributed by atoms with van der Waals surface area (Å²) in [5.41, 5.74) is 0.726. The van der Waals surface area contributed by atoms with E-state index in [0.29, 0.717) is 19.6 Å². The minimum absolute atomic E-state index is 0.0735. The standard InChI is InChI=1S/C20H23BrN2O3/c21-17-6-8-19(9-7-17)26-15-18(24)14-22-10-12-23(13-11-22)20(25)16-4-2-1-3-5-16/h1-9,18,24H,10-15H2. The van der Waals surface area contributed by atoms with Crippen LogP contribution in [0.2, 0.25) is 0 Å². The number of aliphatic hydroxyl groups is 1. The molecular weight excluding hydrogens is 396 g/mol. The van der Waals surface area contributed by atoms with Crippen LogP contribution in [0, 0.1) is 0 Å². The Bertz CT molecular complexity index is 701. The molecule has 1 heterocycles. The maximum atomic E-state index is 12.4. The summed E-state index contributed by atoms with van der Waals surface area (Å²) < 4.78 is 6.61. The molecule has 0 bridgehead atoms. The minimum Gasteiger partial charge on any atom is -0.491 e. The quantitative estimate of drug-likeness (QED) is 0.783. The highest BCUT2D eigenvalue weighted by Crippen LogP contribution is 2.16. The summed E-state index contributed by atoms with van der Waals surface area (Å²) in [6, 6.07) is 16.9. The van der Waals surface area contributed by atoms with Gasteiger partial charge in [-0.3, -0.25) is 9.69 Å². The van der Waals surface area contributed by atoms with Gasteiger partial charge in [-0.1, -0.05) is 34.1 Å². The number of carbonyl (C=O) groups is 1. The van der Waals surface area contributed by atoms with Gasteiger partial charge in [-0.2, -0.15) is 0 Å². The van der Waals surface area contributed by atoms with Gasteiger partial charge in [0.25, 0.3) is 5.91 Å². The maximum absolute atomic E-state index is 12.4. The third kappa shape index (κ3) is 5.30. The number of ether oxygens (including phenoxy) is 1. The van der Waals surface area contributed by atoms with Crippen LogP contribution in [0.4, 0.5) is 0 Å². The van der Waals surface area contributed by atoms with E-state index in [2.05, 4.69) is 20.8 Å². The number of β-amino-alcohol motifs (C(OH)–C–C–N with tert-alkyl or cyclic N) is 1. The number of nitrogens with zero attached hydrogens (tertiary/aromatic N) is 2. The van der Waals surface area contributed by atoms with Crippen molar-refractivity contribution in [1.29, 1.82) is 0 Å². The zero-order chi connectivity index (χ0) is 18.4.